The Labute approximate surface area is 263 Å². The molecule has 0 radical (unpaired) electrons. The van der Waals surface area contributed by atoms with Crippen molar-refractivity contribution in [2.75, 3.05) is 11.4 Å². The number of imide groups is 2. The lowest BCUT2D eigenvalue weighted by molar-refractivity contribution is 0.0617. The van der Waals surface area contributed by atoms with Crippen molar-refractivity contribution in [2.24, 2.45) is 0 Å². The van der Waals surface area contributed by atoms with Gasteiger partial charge >= 0.3 is 0 Å². The Morgan fingerprint density at radius 3 is 1.39 bits per heavy atom. The minimum absolute atomic E-state index is 0.0235. The third-order valence-corrected chi connectivity index (χ3v) is 10.00. The molecular formula is C32H26N2O10S2. The van der Waals surface area contributed by atoms with Gasteiger partial charge in [0.05, 0.1) is 5.69 Å². The summed E-state index contributed by atoms with van der Waals surface area (Å²) in [5, 5.41) is 0.281. The zero-order chi connectivity index (χ0) is 33.7. The van der Waals surface area contributed by atoms with E-state index in [0.717, 1.165) is 17.0 Å². The Kier molecular flexibility index (Phi) is 6.87. The summed E-state index contributed by atoms with van der Waals surface area (Å²) in [6.07, 6.45) is 0. The van der Waals surface area contributed by atoms with Crippen LogP contribution in [0.1, 0.15) is 74.7 Å². The summed E-state index contributed by atoms with van der Waals surface area (Å²) < 4.78 is 70.5. The van der Waals surface area contributed by atoms with Crippen molar-refractivity contribution >= 4 is 60.3 Å². The summed E-state index contributed by atoms with van der Waals surface area (Å²) >= 11 is 0. The number of hydrogen-bond donors (Lipinski definition) is 2. The Balaban J connectivity index is 1.54. The van der Waals surface area contributed by atoms with E-state index in [-0.39, 0.29) is 56.4 Å². The highest BCUT2D eigenvalue weighted by Crippen LogP contribution is 2.41. The highest BCUT2D eigenvalue weighted by atomic mass is 32.2. The van der Waals surface area contributed by atoms with Crippen molar-refractivity contribution in [3.63, 3.8) is 0 Å². The van der Waals surface area contributed by atoms with Crippen LogP contribution < -0.4 is 4.90 Å². The van der Waals surface area contributed by atoms with E-state index in [2.05, 4.69) is 0 Å². The first-order chi connectivity index (χ1) is 21.4. The molecule has 0 fully saturated rings. The van der Waals surface area contributed by atoms with Crippen LogP contribution in [-0.2, 0) is 25.7 Å². The maximum Gasteiger partial charge on any atom is 0.295 e. The summed E-state index contributed by atoms with van der Waals surface area (Å²) in [6, 6.07) is 12.7. The molecule has 0 aromatic heterocycles. The number of amides is 4. The molecule has 0 unspecified atom stereocenters. The van der Waals surface area contributed by atoms with Crippen LogP contribution in [0.5, 0.6) is 0 Å². The quantitative estimate of drug-likeness (QED) is 0.224. The topological polar surface area (TPSA) is 184 Å². The molecule has 4 aromatic carbocycles. The fourth-order valence-corrected chi connectivity index (χ4v) is 7.41. The van der Waals surface area contributed by atoms with Gasteiger partial charge in [-0.15, -0.1) is 0 Å². The molecular weight excluding hydrogens is 636 g/mol. The van der Waals surface area contributed by atoms with Gasteiger partial charge in [0.1, 0.15) is 9.79 Å². The third-order valence-electron chi connectivity index (χ3n) is 8.21. The van der Waals surface area contributed by atoms with E-state index < -0.39 is 59.1 Å². The maximum atomic E-state index is 13.9. The fraction of sp³-hybridized carbons (Fsp3) is 0.188. The van der Waals surface area contributed by atoms with Gasteiger partial charge in [-0.3, -0.25) is 33.2 Å². The lowest BCUT2D eigenvalue weighted by Crippen LogP contribution is -2.43. The number of nitrogens with zero attached hydrogens (tertiary/aromatic N) is 2. The molecule has 236 valence electrons. The van der Waals surface area contributed by atoms with Crippen LogP contribution in [0.25, 0.3) is 21.9 Å². The first kappa shape index (κ1) is 31.2. The summed E-state index contributed by atoms with van der Waals surface area (Å²) in [5.74, 6) is -2.92. The van der Waals surface area contributed by atoms with Gasteiger partial charge in [0.15, 0.2) is 0 Å². The number of carbonyl (C=O) groups excluding carboxylic acids is 4. The monoisotopic (exact) mass is 662 g/mol. The smallest absolute Gasteiger partial charge is 0.282 e. The van der Waals surface area contributed by atoms with E-state index in [9.17, 15) is 45.1 Å². The van der Waals surface area contributed by atoms with Gasteiger partial charge < -0.3 is 0 Å². The summed E-state index contributed by atoms with van der Waals surface area (Å²) in [5.41, 5.74) is -0.601. The summed E-state index contributed by atoms with van der Waals surface area (Å²) in [6.45, 7) is 7.19. The van der Waals surface area contributed by atoms with Crippen LogP contribution in [0.15, 0.2) is 70.5 Å². The Morgan fingerprint density at radius 2 is 0.978 bits per heavy atom. The fourth-order valence-electron chi connectivity index (χ4n) is 5.96. The number of carbonyl (C=O) groups is 4. The van der Waals surface area contributed by atoms with Crippen molar-refractivity contribution in [1.82, 2.24) is 4.90 Å². The standard InChI is InChI=1S/C32H26N2O10S2/c1-5-33-28(35)20-10-12-22-27-23(13-11-21(26(20)27)29(33)36)31(38)34(30(22)37)17-7-9-19(25(15-17)46(42,43)44)18-8-6-16(32(2,3)4)14-24(18)45(39,40)41/h6-15H,5H2,1-4H3,(H,39,40,41)(H,42,43,44). The van der Waals surface area contributed by atoms with Crippen molar-refractivity contribution < 1.29 is 45.1 Å². The lowest BCUT2D eigenvalue weighted by Gasteiger charge is -2.31. The van der Waals surface area contributed by atoms with Gasteiger partial charge in [0.2, 0.25) is 0 Å². The molecule has 0 bridgehead atoms. The van der Waals surface area contributed by atoms with Crippen molar-refractivity contribution in [1.29, 1.82) is 0 Å². The normalized spacial score (nSPS) is 15.3. The van der Waals surface area contributed by atoms with E-state index in [1.54, 1.807) is 13.0 Å². The Bertz CT molecular complexity index is 2250. The van der Waals surface area contributed by atoms with Gasteiger partial charge in [-0.1, -0.05) is 39.0 Å². The van der Waals surface area contributed by atoms with Crippen LogP contribution in [0.4, 0.5) is 5.69 Å². The van der Waals surface area contributed by atoms with Gasteiger partial charge in [0.25, 0.3) is 43.9 Å². The van der Waals surface area contributed by atoms with Gasteiger partial charge in [0, 0.05) is 50.7 Å². The molecule has 2 aliphatic heterocycles. The third kappa shape index (κ3) is 4.64. The van der Waals surface area contributed by atoms with Gasteiger partial charge in [-0.25, -0.2) is 4.90 Å². The van der Waals surface area contributed by atoms with Crippen molar-refractivity contribution in [3.05, 3.63) is 88.5 Å². The average Bonchev–Trinajstić information content (AvgIpc) is 2.97. The van der Waals surface area contributed by atoms with Crippen LogP contribution in [0, 0.1) is 0 Å². The number of benzene rings is 4. The number of hydrogen-bond acceptors (Lipinski definition) is 8. The SMILES string of the molecule is CCN1C(=O)c2ccc3c4c(ccc(c24)C1=O)C(=O)N(c1ccc(-c2ccc(C(C)(C)C)cc2S(=O)(=O)O)c(S(=O)(=O)O)c1)C3=O. The predicted octanol–water partition coefficient (Wildman–Crippen LogP) is 4.71. The molecule has 0 saturated carbocycles. The highest BCUT2D eigenvalue weighted by Gasteiger charge is 2.40. The molecule has 14 heteroatoms. The second-order valence-corrected chi connectivity index (χ2v) is 14.7. The zero-order valence-corrected chi connectivity index (χ0v) is 26.5. The largest absolute Gasteiger partial charge is 0.295 e. The summed E-state index contributed by atoms with van der Waals surface area (Å²) in [7, 11) is -10.0. The molecule has 12 nitrogen and oxygen atoms in total. The molecule has 4 aromatic rings. The first-order valence-electron chi connectivity index (χ1n) is 13.9. The molecule has 0 aliphatic carbocycles. The van der Waals surface area contributed by atoms with Crippen molar-refractivity contribution in [2.45, 2.75) is 42.9 Å². The lowest BCUT2D eigenvalue weighted by atomic mass is 9.85. The minimum Gasteiger partial charge on any atom is -0.282 e. The molecule has 0 saturated heterocycles. The average molecular weight is 663 g/mol. The van der Waals surface area contributed by atoms with Crippen molar-refractivity contribution in [3.8, 4) is 11.1 Å². The minimum atomic E-state index is -5.11. The van der Waals surface area contributed by atoms with E-state index in [1.165, 1.54) is 42.5 Å². The molecule has 2 heterocycles. The second kappa shape index (κ2) is 10.1. The molecule has 4 amide bonds. The molecule has 6 rings (SSSR count). The first-order valence-corrected chi connectivity index (χ1v) is 16.8. The van der Waals surface area contributed by atoms with E-state index in [1.807, 2.05) is 20.8 Å². The zero-order valence-electron chi connectivity index (χ0n) is 24.9. The van der Waals surface area contributed by atoms with E-state index in [0.29, 0.717) is 10.5 Å². The highest BCUT2D eigenvalue weighted by molar-refractivity contribution is 7.86. The molecule has 2 aliphatic rings. The second-order valence-electron chi connectivity index (χ2n) is 12.0. The number of anilines is 1. The van der Waals surface area contributed by atoms with Crippen LogP contribution >= 0.6 is 0 Å². The Hall–Kier alpha value is -4.76. The van der Waals surface area contributed by atoms with Crippen LogP contribution in [0.3, 0.4) is 0 Å². The van der Waals surface area contributed by atoms with Crippen LogP contribution in [0.2, 0.25) is 0 Å². The summed E-state index contributed by atoms with van der Waals surface area (Å²) in [4.78, 5) is 54.1. The van der Waals surface area contributed by atoms with E-state index in [4.69, 9.17) is 0 Å². The predicted molar refractivity (Wildman–Crippen MR) is 166 cm³/mol. The van der Waals surface area contributed by atoms with Gasteiger partial charge in [-0.2, -0.15) is 16.8 Å². The molecule has 0 atom stereocenters. The van der Waals surface area contributed by atoms with E-state index >= 15 is 0 Å². The molecule has 46 heavy (non-hydrogen) atoms. The number of rotatable bonds is 5. The Morgan fingerprint density at radius 1 is 0.587 bits per heavy atom. The van der Waals surface area contributed by atoms with Gasteiger partial charge in [-0.05, 0) is 60.4 Å². The maximum absolute atomic E-state index is 13.9. The van der Waals surface area contributed by atoms with Crippen LogP contribution in [-0.4, -0.2) is 61.0 Å². The molecule has 2 N–H and O–H groups in total. The molecule has 0 spiro atoms.